The van der Waals surface area contributed by atoms with Crippen LogP contribution >= 0.6 is 27.5 Å². The third-order valence-electron chi connectivity index (χ3n) is 4.77. The molecule has 0 aliphatic carbocycles. The zero-order chi connectivity index (χ0) is 19.2. The third-order valence-corrected chi connectivity index (χ3v) is 6.00. The number of morpholine rings is 1. The highest BCUT2D eigenvalue weighted by molar-refractivity contribution is 9.10. The van der Waals surface area contributed by atoms with Crippen LogP contribution in [-0.2, 0) is 14.3 Å². The lowest BCUT2D eigenvalue weighted by molar-refractivity contribution is -0.137. The second-order valence-corrected chi connectivity index (χ2v) is 7.86. The number of hydrogen-bond acceptors (Lipinski definition) is 4. The quantitative estimate of drug-likeness (QED) is 0.651. The summed E-state index contributed by atoms with van der Waals surface area (Å²) in [6.45, 7) is 5.65. The fraction of sp³-hybridized carbons (Fsp3) is 0.474. The Morgan fingerprint density at radius 1 is 1.07 bits per heavy atom. The molecule has 27 heavy (non-hydrogen) atoms. The van der Waals surface area contributed by atoms with Crippen molar-refractivity contribution in [2.45, 2.75) is 0 Å². The van der Waals surface area contributed by atoms with E-state index in [1.54, 1.807) is 12.2 Å². The van der Waals surface area contributed by atoms with E-state index in [-0.39, 0.29) is 11.8 Å². The van der Waals surface area contributed by atoms with Crippen LogP contribution in [0.5, 0.6) is 0 Å². The van der Waals surface area contributed by atoms with Crippen LogP contribution in [0, 0.1) is 0 Å². The average molecular weight is 457 g/mol. The summed E-state index contributed by atoms with van der Waals surface area (Å²) in [5.41, 5.74) is 0.881. The molecule has 0 bridgehead atoms. The monoisotopic (exact) mass is 455 g/mol. The Labute approximate surface area is 172 Å². The van der Waals surface area contributed by atoms with Crippen molar-refractivity contribution in [2.75, 3.05) is 59.0 Å². The fourth-order valence-corrected chi connectivity index (χ4v) is 3.55. The Morgan fingerprint density at radius 2 is 1.78 bits per heavy atom. The Kier molecular flexibility index (Phi) is 7.29. The summed E-state index contributed by atoms with van der Waals surface area (Å²) in [5, 5.41) is 0.614. The molecule has 0 radical (unpaired) electrons. The van der Waals surface area contributed by atoms with Crippen LogP contribution in [0.3, 0.4) is 0 Å². The summed E-state index contributed by atoms with van der Waals surface area (Å²) in [6, 6.07) is 5.57. The van der Waals surface area contributed by atoms with E-state index in [4.69, 9.17) is 16.3 Å². The second-order valence-electron chi connectivity index (χ2n) is 6.60. The van der Waals surface area contributed by atoms with E-state index in [2.05, 4.69) is 20.8 Å². The molecule has 1 aromatic rings. The van der Waals surface area contributed by atoms with Crippen LogP contribution in [0.25, 0.3) is 6.08 Å². The van der Waals surface area contributed by atoms with Crippen molar-refractivity contribution in [2.24, 2.45) is 0 Å². The van der Waals surface area contributed by atoms with E-state index in [1.165, 1.54) is 0 Å². The molecule has 0 atom stereocenters. The molecule has 1 aromatic carbocycles. The number of halogens is 2. The summed E-state index contributed by atoms with van der Waals surface area (Å²) in [5.74, 6) is 0.123. The average Bonchev–Trinajstić information content (AvgIpc) is 2.70. The van der Waals surface area contributed by atoms with Crippen LogP contribution in [-0.4, -0.2) is 85.5 Å². The number of benzene rings is 1. The van der Waals surface area contributed by atoms with Crippen molar-refractivity contribution in [3.05, 3.63) is 39.3 Å². The zero-order valence-electron chi connectivity index (χ0n) is 15.1. The van der Waals surface area contributed by atoms with E-state index in [0.29, 0.717) is 64.0 Å². The van der Waals surface area contributed by atoms with Gasteiger partial charge in [0.25, 0.3) is 0 Å². The molecule has 2 saturated heterocycles. The molecule has 3 rings (SSSR count). The topological polar surface area (TPSA) is 53.1 Å². The molecule has 146 valence electrons. The van der Waals surface area contributed by atoms with Crippen molar-refractivity contribution in [3.63, 3.8) is 0 Å². The van der Waals surface area contributed by atoms with E-state index in [0.717, 1.165) is 10.0 Å². The molecule has 2 aliphatic heterocycles. The summed E-state index contributed by atoms with van der Waals surface area (Å²) >= 11 is 9.42. The molecular formula is C19H23BrClN3O3. The van der Waals surface area contributed by atoms with Crippen LogP contribution < -0.4 is 0 Å². The number of ether oxygens (including phenoxy) is 1. The molecule has 8 heteroatoms. The Morgan fingerprint density at radius 3 is 2.44 bits per heavy atom. The van der Waals surface area contributed by atoms with E-state index in [1.807, 2.05) is 28.0 Å². The highest BCUT2D eigenvalue weighted by Crippen LogP contribution is 2.23. The van der Waals surface area contributed by atoms with Gasteiger partial charge in [0.1, 0.15) is 0 Å². The van der Waals surface area contributed by atoms with Gasteiger partial charge in [-0.2, -0.15) is 0 Å². The van der Waals surface area contributed by atoms with Gasteiger partial charge in [0.2, 0.25) is 11.8 Å². The number of hydrogen-bond donors (Lipinski definition) is 0. The highest BCUT2D eigenvalue weighted by Gasteiger charge is 2.24. The number of nitrogens with zero attached hydrogens (tertiary/aromatic N) is 3. The molecule has 2 heterocycles. The maximum absolute atomic E-state index is 12.4. The van der Waals surface area contributed by atoms with Crippen molar-refractivity contribution >= 4 is 45.4 Å². The summed E-state index contributed by atoms with van der Waals surface area (Å²) < 4.78 is 6.11. The van der Waals surface area contributed by atoms with E-state index < -0.39 is 0 Å². The standard InChI is InChI=1S/C19H23BrClN3O3/c20-16-3-1-15(13-17(16)21)2-4-18(25)23-7-5-22(6-8-23)14-19(26)24-9-11-27-12-10-24/h1-4,13H,5-12,14H2/b4-2+. The second kappa shape index (κ2) is 9.68. The number of carbonyl (C=O) groups excluding carboxylic acids is 2. The first-order chi connectivity index (χ1) is 13.0. The Balaban J connectivity index is 1.45. The van der Waals surface area contributed by atoms with Gasteiger partial charge in [0, 0.05) is 49.8 Å². The molecule has 2 amide bonds. The van der Waals surface area contributed by atoms with Gasteiger partial charge in [-0.1, -0.05) is 17.7 Å². The van der Waals surface area contributed by atoms with Gasteiger partial charge in [-0.3, -0.25) is 14.5 Å². The Hall–Kier alpha value is -1.41. The van der Waals surface area contributed by atoms with E-state index >= 15 is 0 Å². The van der Waals surface area contributed by atoms with Crippen molar-refractivity contribution in [1.29, 1.82) is 0 Å². The normalized spacial score (nSPS) is 18.9. The molecule has 0 spiro atoms. The Bertz CT molecular complexity index is 714. The number of rotatable bonds is 4. The van der Waals surface area contributed by atoms with Gasteiger partial charge in [-0.05, 0) is 39.7 Å². The largest absolute Gasteiger partial charge is 0.378 e. The SMILES string of the molecule is O=C(/C=C/c1ccc(Br)c(Cl)c1)N1CCN(CC(=O)N2CCOCC2)CC1. The first-order valence-electron chi connectivity index (χ1n) is 9.03. The molecule has 2 fully saturated rings. The van der Waals surface area contributed by atoms with Gasteiger partial charge < -0.3 is 14.5 Å². The zero-order valence-corrected chi connectivity index (χ0v) is 17.4. The molecule has 6 nitrogen and oxygen atoms in total. The van der Waals surface area contributed by atoms with Crippen LogP contribution in [0.4, 0.5) is 0 Å². The minimum atomic E-state index is -0.0202. The summed E-state index contributed by atoms with van der Waals surface area (Å²) in [6.07, 6.45) is 3.35. The lowest BCUT2D eigenvalue weighted by Gasteiger charge is -2.35. The number of piperazine rings is 1. The maximum atomic E-state index is 12.4. The van der Waals surface area contributed by atoms with Crippen LogP contribution in [0.15, 0.2) is 28.7 Å². The van der Waals surface area contributed by atoms with Crippen molar-refractivity contribution in [3.8, 4) is 0 Å². The minimum absolute atomic E-state index is 0.0202. The van der Waals surface area contributed by atoms with Gasteiger partial charge in [0.05, 0.1) is 24.8 Å². The number of amides is 2. The minimum Gasteiger partial charge on any atom is -0.378 e. The molecule has 2 aliphatic rings. The summed E-state index contributed by atoms with van der Waals surface area (Å²) in [7, 11) is 0. The first kappa shape index (κ1) is 20.3. The van der Waals surface area contributed by atoms with Crippen molar-refractivity contribution in [1.82, 2.24) is 14.7 Å². The molecule has 0 saturated carbocycles. The van der Waals surface area contributed by atoms with Crippen LogP contribution in [0.2, 0.25) is 5.02 Å². The van der Waals surface area contributed by atoms with Gasteiger partial charge >= 0.3 is 0 Å². The van der Waals surface area contributed by atoms with Crippen LogP contribution in [0.1, 0.15) is 5.56 Å². The van der Waals surface area contributed by atoms with Gasteiger partial charge in [0.15, 0.2) is 0 Å². The predicted molar refractivity (Wildman–Crippen MR) is 109 cm³/mol. The molecule has 0 unspecified atom stereocenters. The highest BCUT2D eigenvalue weighted by atomic mass is 79.9. The maximum Gasteiger partial charge on any atom is 0.246 e. The van der Waals surface area contributed by atoms with Gasteiger partial charge in [-0.25, -0.2) is 0 Å². The van der Waals surface area contributed by atoms with E-state index in [9.17, 15) is 9.59 Å². The lowest BCUT2D eigenvalue weighted by Crippen LogP contribution is -2.52. The fourth-order valence-electron chi connectivity index (χ4n) is 3.12. The van der Waals surface area contributed by atoms with Crippen molar-refractivity contribution < 1.29 is 14.3 Å². The predicted octanol–water partition coefficient (Wildman–Crippen LogP) is 2.12. The summed E-state index contributed by atoms with van der Waals surface area (Å²) in [4.78, 5) is 30.5. The molecule has 0 N–H and O–H groups in total. The van der Waals surface area contributed by atoms with Gasteiger partial charge in [-0.15, -0.1) is 0 Å². The third kappa shape index (κ3) is 5.78. The molecular weight excluding hydrogens is 434 g/mol. The first-order valence-corrected chi connectivity index (χ1v) is 10.2. The smallest absolute Gasteiger partial charge is 0.246 e. The molecule has 0 aromatic heterocycles. The lowest BCUT2D eigenvalue weighted by atomic mass is 10.2. The number of carbonyl (C=O) groups is 2.